The summed E-state index contributed by atoms with van der Waals surface area (Å²) in [5.74, 6) is 0.0588. The Morgan fingerprint density at radius 1 is 0.864 bits per heavy atom. The van der Waals surface area contributed by atoms with E-state index in [9.17, 15) is 4.79 Å². The van der Waals surface area contributed by atoms with Crippen LogP contribution in [0.4, 0.5) is 0 Å². The Balaban J connectivity index is 2.34. The van der Waals surface area contributed by atoms with Gasteiger partial charge in [-0.1, -0.05) is 60.7 Å². The number of ketones is 1. The molecule has 0 unspecified atom stereocenters. The smallest absolute Gasteiger partial charge is 0.163 e. The topological polar surface area (TPSA) is 22.0 Å². The van der Waals surface area contributed by atoms with Crippen molar-refractivity contribution in [2.45, 2.75) is 6.92 Å². The quantitative estimate of drug-likeness (QED) is 0.583. The molecule has 22 heavy (non-hydrogen) atoms. The van der Waals surface area contributed by atoms with Crippen molar-refractivity contribution in [1.29, 1.82) is 0 Å². The summed E-state index contributed by atoms with van der Waals surface area (Å²) in [4.78, 5) is 12.2. The predicted molar refractivity (Wildman–Crippen MR) is 94.0 cm³/mol. The first kappa shape index (κ1) is 14.8. The van der Waals surface area contributed by atoms with Crippen LogP contribution in [0.5, 0.6) is 0 Å². The Labute approximate surface area is 138 Å². The van der Waals surface area contributed by atoms with Crippen LogP contribution in [0.15, 0.2) is 65.1 Å². The van der Waals surface area contributed by atoms with Crippen molar-refractivity contribution in [1.82, 2.24) is 4.57 Å². The highest BCUT2D eigenvalue weighted by atomic mass is 79.9. The third kappa shape index (κ3) is 2.42. The first-order valence-electron chi connectivity index (χ1n) is 7.11. The molecular weight excluding hydrogens is 338 g/mol. The first-order chi connectivity index (χ1) is 10.6. The Morgan fingerprint density at radius 2 is 1.32 bits per heavy atom. The third-order valence-electron chi connectivity index (χ3n) is 3.78. The molecule has 0 fully saturated rings. The molecule has 0 bridgehead atoms. The number of carbonyl (C=O) groups is 1. The molecule has 0 saturated heterocycles. The maximum atomic E-state index is 12.2. The van der Waals surface area contributed by atoms with Crippen molar-refractivity contribution in [2.24, 2.45) is 7.05 Å². The van der Waals surface area contributed by atoms with E-state index >= 15 is 0 Å². The average molecular weight is 354 g/mol. The predicted octanol–water partition coefficient (Wildman–Crippen LogP) is 5.32. The molecule has 2 nitrogen and oxygen atoms in total. The molecule has 0 amide bonds. The zero-order valence-electron chi connectivity index (χ0n) is 12.5. The number of hydrogen-bond donors (Lipinski definition) is 0. The van der Waals surface area contributed by atoms with E-state index < -0.39 is 0 Å². The molecule has 0 aliphatic carbocycles. The van der Waals surface area contributed by atoms with Gasteiger partial charge < -0.3 is 4.57 Å². The summed E-state index contributed by atoms with van der Waals surface area (Å²) in [6.07, 6.45) is 0. The van der Waals surface area contributed by atoms with Gasteiger partial charge in [0, 0.05) is 7.05 Å². The van der Waals surface area contributed by atoms with E-state index in [4.69, 9.17) is 0 Å². The molecule has 0 aliphatic heterocycles. The highest BCUT2D eigenvalue weighted by molar-refractivity contribution is 9.10. The molecule has 2 aromatic carbocycles. The molecule has 0 saturated carbocycles. The summed E-state index contributed by atoms with van der Waals surface area (Å²) in [6, 6.07) is 20.1. The van der Waals surface area contributed by atoms with Gasteiger partial charge in [0.05, 0.1) is 21.4 Å². The van der Waals surface area contributed by atoms with Gasteiger partial charge in [0.2, 0.25) is 0 Å². The number of rotatable bonds is 3. The fraction of sp³-hybridized carbons (Fsp3) is 0.105. The van der Waals surface area contributed by atoms with Gasteiger partial charge in [-0.05, 0) is 34.0 Å². The first-order valence-corrected chi connectivity index (χ1v) is 7.90. The van der Waals surface area contributed by atoms with Crippen LogP contribution in [0.1, 0.15) is 17.3 Å². The lowest BCUT2D eigenvalue weighted by Gasteiger charge is -2.09. The molecule has 110 valence electrons. The van der Waals surface area contributed by atoms with Crippen LogP contribution in [0, 0.1) is 0 Å². The van der Waals surface area contributed by atoms with E-state index in [2.05, 4.69) is 32.6 Å². The van der Waals surface area contributed by atoms with Crippen LogP contribution < -0.4 is 0 Å². The third-order valence-corrected chi connectivity index (χ3v) is 4.55. The van der Waals surface area contributed by atoms with E-state index in [0.29, 0.717) is 0 Å². The van der Waals surface area contributed by atoms with Gasteiger partial charge in [-0.2, -0.15) is 0 Å². The Bertz CT molecular complexity index is 820. The van der Waals surface area contributed by atoms with Crippen molar-refractivity contribution < 1.29 is 4.79 Å². The fourth-order valence-electron chi connectivity index (χ4n) is 2.82. The van der Waals surface area contributed by atoms with Crippen LogP contribution in [0.2, 0.25) is 0 Å². The SMILES string of the molecule is CC(=O)c1c(Br)c(-c2ccccc2)n(C)c1-c1ccccc1. The second-order valence-electron chi connectivity index (χ2n) is 5.23. The van der Waals surface area contributed by atoms with Gasteiger partial charge in [0.1, 0.15) is 0 Å². The molecular formula is C19H16BrNO. The monoisotopic (exact) mass is 353 g/mol. The number of hydrogen-bond acceptors (Lipinski definition) is 1. The number of nitrogens with zero attached hydrogens (tertiary/aromatic N) is 1. The summed E-state index contributed by atoms with van der Waals surface area (Å²) in [5, 5.41) is 0. The molecule has 1 aromatic heterocycles. The maximum absolute atomic E-state index is 12.2. The van der Waals surface area contributed by atoms with Gasteiger partial charge >= 0.3 is 0 Å². The van der Waals surface area contributed by atoms with Crippen molar-refractivity contribution in [2.75, 3.05) is 0 Å². The zero-order chi connectivity index (χ0) is 15.7. The molecule has 1 heterocycles. The Kier molecular flexibility index (Phi) is 3.99. The van der Waals surface area contributed by atoms with Crippen LogP contribution in [0.3, 0.4) is 0 Å². The largest absolute Gasteiger partial charge is 0.342 e. The second kappa shape index (κ2) is 5.93. The van der Waals surface area contributed by atoms with E-state index in [-0.39, 0.29) is 5.78 Å². The molecule has 0 atom stereocenters. The summed E-state index contributed by atoms with van der Waals surface area (Å²) in [6.45, 7) is 1.61. The summed E-state index contributed by atoms with van der Waals surface area (Å²) in [5.41, 5.74) is 4.82. The minimum Gasteiger partial charge on any atom is -0.342 e. The number of benzene rings is 2. The normalized spacial score (nSPS) is 10.7. The van der Waals surface area contributed by atoms with E-state index in [1.807, 2.05) is 55.6 Å². The molecule has 0 radical (unpaired) electrons. The lowest BCUT2D eigenvalue weighted by atomic mass is 10.1. The number of halogens is 1. The fourth-order valence-corrected chi connectivity index (χ4v) is 3.78. The summed E-state index contributed by atoms with van der Waals surface area (Å²) in [7, 11) is 2.00. The van der Waals surface area contributed by atoms with Crippen LogP contribution >= 0.6 is 15.9 Å². The standard InChI is InChI=1S/C19H16BrNO/c1-13(22)16-17(20)19(15-11-7-4-8-12-15)21(2)18(16)14-9-5-3-6-10-14/h3-12H,1-2H3. The molecule has 0 spiro atoms. The van der Waals surface area contributed by atoms with Crippen molar-refractivity contribution in [3.8, 4) is 22.5 Å². The maximum Gasteiger partial charge on any atom is 0.163 e. The van der Waals surface area contributed by atoms with Crippen LogP contribution in [-0.4, -0.2) is 10.4 Å². The van der Waals surface area contributed by atoms with Gasteiger partial charge in [0.15, 0.2) is 5.78 Å². The molecule has 0 N–H and O–H groups in total. The minimum atomic E-state index is 0.0588. The number of carbonyl (C=O) groups excluding carboxylic acids is 1. The molecule has 0 aliphatic rings. The van der Waals surface area contributed by atoms with Gasteiger partial charge in [-0.15, -0.1) is 0 Å². The number of aromatic nitrogens is 1. The Hall–Kier alpha value is -2.13. The zero-order valence-corrected chi connectivity index (χ0v) is 14.1. The lowest BCUT2D eigenvalue weighted by Crippen LogP contribution is -1.98. The molecule has 3 heteroatoms. The van der Waals surface area contributed by atoms with Crippen LogP contribution in [0.25, 0.3) is 22.5 Å². The van der Waals surface area contributed by atoms with Gasteiger partial charge in [-0.25, -0.2) is 0 Å². The summed E-state index contributed by atoms with van der Waals surface area (Å²) < 4.78 is 2.94. The van der Waals surface area contributed by atoms with Crippen molar-refractivity contribution in [3.05, 3.63) is 70.7 Å². The average Bonchev–Trinajstić information content (AvgIpc) is 2.80. The van der Waals surface area contributed by atoms with Crippen LogP contribution in [-0.2, 0) is 7.05 Å². The molecule has 3 rings (SSSR count). The lowest BCUT2D eigenvalue weighted by molar-refractivity contribution is 0.101. The minimum absolute atomic E-state index is 0.0588. The van der Waals surface area contributed by atoms with E-state index in [0.717, 1.165) is 32.6 Å². The Morgan fingerprint density at radius 3 is 1.77 bits per heavy atom. The van der Waals surface area contributed by atoms with Gasteiger partial charge in [-0.3, -0.25) is 4.79 Å². The highest BCUT2D eigenvalue weighted by Gasteiger charge is 2.23. The van der Waals surface area contributed by atoms with E-state index in [1.54, 1.807) is 6.92 Å². The van der Waals surface area contributed by atoms with E-state index in [1.165, 1.54) is 0 Å². The van der Waals surface area contributed by atoms with Crippen molar-refractivity contribution >= 4 is 21.7 Å². The number of Topliss-reactive ketones (excluding diaryl/α,β-unsaturated/α-hetero) is 1. The highest BCUT2D eigenvalue weighted by Crippen LogP contribution is 2.40. The second-order valence-corrected chi connectivity index (χ2v) is 6.03. The summed E-state index contributed by atoms with van der Waals surface area (Å²) >= 11 is 3.65. The molecule has 3 aromatic rings. The van der Waals surface area contributed by atoms with Crippen molar-refractivity contribution in [3.63, 3.8) is 0 Å². The van der Waals surface area contributed by atoms with Gasteiger partial charge in [0.25, 0.3) is 0 Å².